The number of likely N-dealkylation sites (N-methyl/N-ethyl adjacent to an activating group) is 1. The van der Waals surface area contributed by atoms with Gasteiger partial charge in [0.25, 0.3) is 5.91 Å². The predicted octanol–water partition coefficient (Wildman–Crippen LogP) is 1.50. The molecular weight excluding hydrogens is 454 g/mol. The van der Waals surface area contributed by atoms with Gasteiger partial charge in [0, 0.05) is 18.7 Å². The Hall–Kier alpha value is -3.51. The van der Waals surface area contributed by atoms with E-state index >= 15 is 0 Å². The minimum absolute atomic E-state index is 0.0450. The summed E-state index contributed by atoms with van der Waals surface area (Å²) in [7, 11) is 4.62. The maximum atomic E-state index is 12.8. The van der Waals surface area contributed by atoms with E-state index in [4.69, 9.17) is 23.7 Å². The molecule has 11 nitrogen and oxygen atoms in total. The third kappa shape index (κ3) is 6.05. The molecule has 1 amide bonds. The van der Waals surface area contributed by atoms with Gasteiger partial charge in [0.15, 0.2) is 23.0 Å². The molecule has 0 bridgehead atoms. The van der Waals surface area contributed by atoms with Gasteiger partial charge in [-0.3, -0.25) is 4.79 Å². The summed E-state index contributed by atoms with van der Waals surface area (Å²) in [5.74, 6) is 1.27. The fourth-order valence-corrected chi connectivity index (χ4v) is 3.98. The highest BCUT2D eigenvalue weighted by Gasteiger charge is 2.24. The first kappa shape index (κ1) is 25.7. The average Bonchev–Trinajstić information content (AvgIpc) is 2.82. The summed E-state index contributed by atoms with van der Waals surface area (Å²) in [5, 5.41) is 3.87. The smallest absolute Gasteiger partial charge is 0.255 e. The van der Waals surface area contributed by atoms with Gasteiger partial charge in [-0.25, -0.2) is 13.8 Å². The van der Waals surface area contributed by atoms with Crippen LogP contribution >= 0.6 is 0 Å². The van der Waals surface area contributed by atoms with Gasteiger partial charge in [0.1, 0.15) is 0 Å². The lowest BCUT2D eigenvalue weighted by Crippen LogP contribution is -2.36. The number of amides is 1. The minimum Gasteiger partial charge on any atom is -0.493 e. The normalized spacial score (nSPS) is 11.4. The first-order chi connectivity index (χ1) is 15.7. The van der Waals surface area contributed by atoms with Gasteiger partial charge >= 0.3 is 0 Å². The number of nitrogens with zero attached hydrogens (tertiary/aromatic N) is 2. The van der Waals surface area contributed by atoms with Gasteiger partial charge in [-0.05, 0) is 24.3 Å². The van der Waals surface area contributed by atoms with Crippen molar-refractivity contribution in [3.05, 3.63) is 35.9 Å². The van der Waals surface area contributed by atoms with Gasteiger partial charge in [0.2, 0.25) is 15.8 Å². The highest BCUT2D eigenvalue weighted by molar-refractivity contribution is 7.89. The van der Waals surface area contributed by atoms with Gasteiger partial charge in [-0.15, -0.1) is 0 Å². The van der Waals surface area contributed by atoms with Crippen LogP contribution in [0.3, 0.4) is 0 Å². The molecule has 1 N–H and O–H groups in total. The Balaban J connectivity index is 2.09. The van der Waals surface area contributed by atoms with E-state index in [0.29, 0.717) is 28.6 Å². The largest absolute Gasteiger partial charge is 0.493 e. The highest BCUT2D eigenvalue weighted by atomic mass is 32.2. The van der Waals surface area contributed by atoms with Crippen molar-refractivity contribution in [2.45, 2.75) is 4.90 Å². The molecule has 2 aromatic carbocycles. The first-order valence-corrected chi connectivity index (χ1v) is 11.0. The standard InChI is InChI=1S/C21H27N3O8S/c1-24(33(26,27)15-7-8-16(28-2)17(11-15)29-3)13-20(25)23-22-12-14-9-18(30-4)21(32-6)19(10-14)31-5/h7-12H,13H2,1-6H3,(H,23,25)/b22-12-. The van der Waals surface area contributed by atoms with Crippen LogP contribution in [-0.2, 0) is 14.8 Å². The average molecular weight is 482 g/mol. The van der Waals surface area contributed by atoms with Crippen LogP contribution in [-0.4, -0.2) is 74.0 Å². The third-order valence-corrected chi connectivity index (χ3v) is 6.32. The zero-order valence-corrected chi connectivity index (χ0v) is 20.1. The van der Waals surface area contributed by atoms with Gasteiger partial charge in [-0.1, -0.05) is 0 Å². The van der Waals surface area contributed by atoms with Crippen molar-refractivity contribution in [1.82, 2.24) is 9.73 Å². The first-order valence-electron chi connectivity index (χ1n) is 9.52. The molecule has 0 heterocycles. The Morgan fingerprint density at radius 1 is 0.909 bits per heavy atom. The Morgan fingerprint density at radius 3 is 2.00 bits per heavy atom. The van der Waals surface area contributed by atoms with E-state index in [-0.39, 0.29) is 10.6 Å². The predicted molar refractivity (Wildman–Crippen MR) is 121 cm³/mol. The van der Waals surface area contributed by atoms with E-state index in [9.17, 15) is 13.2 Å². The Labute approximate surface area is 192 Å². The number of rotatable bonds is 11. The quantitative estimate of drug-likeness (QED) is 0.378. The van der Waals surface area contributed by atoms with E-state index in [2.05, 4.69) is 10.5 Å². The Bertz CT molecular complexity index is 1090. The molecule has 0 aliphatic rings. The van der Waals surface area contributed by atoms with Crippen molar-refractivity contribution in [2.24, 2.45) is 5.10 Å². The van der Waals surface area contributed by atoms with E-state index in [1.807, 2.05) is 0 Å². The number of sulfonamides is 1. The number of benzene rings is 2. The summed E-state index contributed by atoms with van der Waals surface area (Å²) in [6, 6.07) is 7.45. The van der Waals surface area contributed by atoms with Crippen LogP contribution in [0, 0.1) is 0 Å². The van der Waals surface area contributed by atoms with Crippen molar-refractivity contribution in [3.8, 4) is 28.7 Å². The highest BCUT2D eigenvalue weighted by Crippen LogP contribution is 2.37. The molecule has 0 spiro atoms. The van der Waals surface area contributed by atoms with Crippen molar-refractivity contribution >= 4 is 22.1 Å². The maximum Gasteiger partial charge on any atom is 0.255 e. The van der Waals surface area contributed by atoms with Gasteiger partial charge in [0.05, 0.1) is 53.2 Å². The number of ether oxygens (including phenoxy) is 5. The van der Waals surface area contributed by atoms with Crippen LogP contribution < -0.4 is 29.1 Å². The molecule has 0 fully saturated rings. The van der Waals surface area contributed by atoms with Crippen molar-refractivity contribution in [1.29, 1.82) is 0 Å². The monoisotopic (exact) mass is 481 g/mol. The summed E-state index contributed by atoms with van der Waals surface area (Å²) >= 11 is 0. The van der Waals surface area contributed by atoms with Crippen molar-refractivity contribution < 1.29 is 36.9 Å². The number of hydrogen-bond acceptors (Lipinski definition) is 9. The molecule has 12 heteroatoms. The maximum absolute atomic E-state index is 12.8. The lowest BCUT2D eigenvalue weighted by molar-refractivity contribution is -0.121. The third-order valence-electron chi connectivity index (χ3n) is 4.52. The van der Waals surface area contributed by atoms with Crippen LogP contribution in [0.2, 0.25) is 0 Å². The number of hydrazone groups is 1. The lowest BCUT2D eigenvalue weighted by atomic mass is 10.2. The SMILES string of the molecule is COc1ccc(S(=O)(=O)N(C)CC(=O)N/N=C\c2cc(OC)c(OC)c(OC)c2)cc1OC. The van der Waals surface area contributed by atoms with Crippen LogP contribution in [0.1, 0.15) is 5.56 Å². The second-order valence-corrected chi connectivity index (χ2v) is 8.57. The topological polar surface area (TPSA) is 125 Å². The van der Waals surface area contributed by atoms with E-state index in [1.54, 1.807) is 12.1 Å². The molecule has 0 aliphatic carbocycles. The molecule has 180 valence electrons. The number of hydrogen-bond donors (Lipinski definition) is 1. The molecular formula is C21H27N3O8S. The second kappa shape index (κ2) is 11.4. The lowest BCUT2D eigenvalue weighted by Gasteiger charge is -2.17. The van der Waals surface area contributed by atoms with Crippen molar-refractivity contribution in [2.75, 3.05) is 49.1 Å². The molecule has 0 unspecified atom stereocenters. The minimum atomic E-state index is -3.96. The summed E-state index contributed by atoms with van der Waals surface area (Å²) in [6.07, 6.45) is 1.37. The zero-order chi connectivity index (χ0) is 24.6. The van der Waals surface area contributed by atoms with Crippen LogP contribution in [0.25, 0.3) is 0 Å². The van der Waals surface area contributed by atoms with Crippen LogP contribution in [0.4, 0.5) is 0 Å². The number of carbonyl (C=O) groups excluding carboxylic acids is 1. The Morgan fingerprint density at radius 2 is 1.48 bits per heavy atom. The van der Waals surface area contributed by atoms with Gasteiger partial charge < -0.3 is 23.7 Å². The molecule has 0 radical (unpaired) electrons. The van der Waals surface area contributed by atoms with Crippen LogP contribution in [0.15, 0.2) is 40.3 Å². The van der Waals surface area contributed by atoms with E-state index < -0.39 is 22.5 Å². The second-order valence-electron chi connectivity index (χ2n) is 6.53. The molecule has 0 saturated carbocycles. The van der Waals surface area contributed by atoms with E-state index in [0.717, 1.165) is 4.31 Å². The Kier molecular flexibility index (Phi) is 8.88. The zero-order valence-electron chi connectivity index (χ0n) is 19.2. The molecule has 0 saturated heterocycles. The molecule has 0 aliphatic heterocycles. The summed E-state index contributed by atoms with van der Waals surface area (Å²) in [5.41, 5.74) is 2.86. The number of carbonyl (C=O) groups is 1. The molecule has 0 atom stereocenters. The van der Waals surface area contributed by atoms with Gasteiger partial charge in [-0.2, -0.15) is 9.41 Å². The molecule has 2 aromatic rings. The number of nitrogens with one attached hydrogen (secondary N) is 1. The fraction of sp³-hybridized carbons (Fsp3) is 0.333. The van der Waals surface area contributed by atoms with Crippen molar-refractivity contribution in [3.63, 3.8) is 0 Å². The fourth-order valence-electron chi connectivity index (χ4n) is 2.83. The molecule has 33 heavy (non-hydrogen) atoms. The number of methoxy groups -OCH3 is 5. The summed E-state index contributed by atoms with van der Waals surface area (Å²) < 4.78 is 52.6. The molecule has 2 rings (SSSR count). The summed E-state index contributed by atoms with van der Waals surface area (Å²) in [6.45, 7) is -0.455. The van der Waals surface area contributed by atoms with E-state index in [1.165, 1.54) is 67.0 Å². The van der Waals surface area contributed by atoms with Crippen LogP contribution in [0.5, 0.6) is 28.7 Å². The molecule has 0 aromatic heterocycles. The summed E-state index contributed by atoms with van der Waals surface area (Å²) in [4.78, 5) is 12.2.